The second kappa shape index (κ2) is 13.1. The molecule has 0 amide bonds. The molecule has 0 aromatic heterocycles. The van der Waals surface area contributed by atoms with Crippen molar-refractivity contribution in [2.45, 2.75) is 39.2 Å². The van der Waals surface area contributed by atoms with E-state index in [1.54, 1.807) is 0 Å². The summed E-state index contributed by atoms with van der Waals surface area (Å²) in [6.45, 7) is 13.7. The molecule has 2 saturated heterocycles. The van der Waals surface area contributed by atoms with Crippen molar-refractivity contribution in [1.29, 1.82) is 0 Å². The first-order valence-corrected chi connectivity index (χ1v) is 9.28. The first-order chi connectivity index (χ1) is 11.3. The molecule has 0 saturated carbocycles. The van der Waals surface area contributed by atoms with Crippen LogP contribution in [0.25, 0.3) is 0 Å². The number of nitrogens with zero attached hydrogens (tertiary/aromatic N) is 3. The number of guanidine groups is 1. The number of ether oxygens (including phenoxy) is 2. The SMILES string of the molecule is CCNC(=NCCCCOCC)N1CCC(N2CCOCC2)C1.I. The van der Waals surface area contributed by atoms with E-state index in [1.165, 1.54) is 6.42 Å². The van der Waals surface area contributed by atoms with E-state index in [1.807, 2.05) is 6.92 Å². The Morgan fingerprint density at radius 2 is 2.00 bits per heavy atom. The predicted octanol–water partition coefficient (Wildman–Crippen LogP) is 1.79. The van der Waals surface area contributed by atoms with Crippen LogP contribution in [0.3, 0.4) is 0 Å². The van der Waals surface area contributed by atoms with Gasteiger partial charge in [-0.1, -0.05) is 0 Å². The molecule has 1 atom stereocenters. The van der Waals surface area contributed by atoms with Crippen LogP contribution in [-0.2, 0) is 9.47 Å². The van der Waals surface area contributed by atoms with Gasteiger partial charge in [0.1, 0.15) is 0 Å². The van der Waals surface area contributed by atoms with Crippen LogP contribution in [-0.4, -0.2) is 87.5 Å². The Morgan fingerprint density at radius 1 is 1.21 bits per heavy atom. The van der Waals surface area contributed by atoms with Gasteiger partial charge in [-0.25, -0.2) is 0 Å². The van der Waals surface area contributed by atoms with E-state index in [-0.39, 0.29) is 24.0 Å². The Balaban J connectivity index is 0.00000288. The second-order valence-corrected chi connectivity index (χ2v) is 6.18. The standard InChI is InChI=1S/C17H34N4O2.HI/c1-3-18-17(19-8-5-6-12-22-4-2)21-9-7-16(15-21)20-10-13-23-14-11-20;/h16H,3-15H2,1-2H3,(H,18,19);1H. The normalized spacial score (nSPS) is 22.5. The summed E-state index contributed by atoms with van der Waals surface area (Å²) in [5.74, 6) is 1.08. The molecule has 6 nitrogen and oxygen atoms in total. The van der Waals surface area contributed by atoms with Gasteiger partial charge in [0.25, 0.3) is 0 Å². The molecule has 0 aliphatic carbocycles. The number of halogens is 1. The van der Waals surface area contributed by atoms with Crippen LogP contribution in [0.1, 0.15) is 33.1 Å². The highest BCUT2D eigenvalue weighted by molar-refractivity contribution is 14.0. The van der Waals surface area contributed by atoms with Gasteiger partial charge in [0.2, 0.25) is 0 Å². The fourth-order valence-electron chi connectivity index (χ4n) is 3.25. The third kappa shape index (κ3) is 7.41. The van der Waals surface area contributed by atoms with Crippen molar-refractivity contribution in [2.24, 2.45) is 4.99 Å². The van der Waals surface area contributed by atoms with E-state index >= 15 is 0 Å². The van der Waals surface area contributed by atoms with Crippen LogP contribution in [0, 0.1) is 0 Å². The molecule has 2 aliphatic rings. The first-order valence-electron chi connectivity index (χ1n) is 9.28. The number of nitrogens with one attached hydrogen (secondary N) is 1. The van der Waals surface area contributed by atoms with E-state index in [2.05, 4.69) is 22.0 Å². The Bertz CT molecular complexity index is 351. The van der Waals surface area contributed by atoms with Crippen LogP contribution in [0.5, 0.6) is 0 Å². The number of morpholine rings is 1. The summed E-state index contributed by atoms with van der Waals surface area (Å²) < 4.78 is 10.8. The fourth-order valence-corrected chi connectivity index (χ4v) is 3.25. The summed E-state index contributed by atoms with van der Waals surface area (Å²) in [5, 5.41) is 3.45. The lowest BCUT2D eigenvalue weighted by atomic mass is 10.2. The fraction of sp³-hybridized carbons (Fsp3) is 0.941. The molecule has 0 bridgehead atoms. The van der Waals surface area contributed by atoms with E-state index in [0.717, 1.165) is 84.5 Å². The molecule has 7 heteroatoms. The van der Waals surface area contributed by atoms with Gasteiger partial charge < -0.3 is 19.7 Å². The highest BCUT2D eigenvalue weighted by atomic mass is 127. The summed E-state index contributed by atoms with van der Waals surface area (Å²) in [6.07, 6.45) is 3.41. The van der Waals surface area contributed by atoms with Crippen LogP contribution >= 0.6 is 24.0 Å². The van der Waals surface area contributed by atoms with Gasteiger partial charge in [-0.05, 0) is 33.1 Å². The summed E-state index contributed by atoms with van der Waals surface area (Å²) in [6, 6.07) is 0.653. The lowest BCUT2D eigenvalue weighted by Gasteiger charge is -2.32. The molecule has 0 aromatic carbocycles. The Morgan fingerprint density at radius 3 is 2.71 bits per heavy atom. The summed E-state index contributed by atoms with van der Waals surface area (Å²) in [7, 11) is 0. The third-order valence-corrected chi connectivity index (χ3v) is 4.52. The lowest BCUT2D eigenvalue weighted by molar-refractivity contribution is 0.0195. The molecule has 2 aliphatic heterocycles. The van der Waals surface area contributed by atoms with Gasteiger partial charge in [-0.15, -0.1) is 24.0 Å². The van der Waals surface area contributed by atoms with Crippen LogP contribution in [0.2, 0.25) is 0 Å². The lowest BCUT2D eigenvalue weighted by Crippen LogP contribution is -2.46. The van der Waals surface area contributed by atoms with Crippen LogP contribution in [0.15, 0.2) is 4.99 Å². The maximum absolute atomic E-state index is 5.46. The highest BCUT2D eigenvalue weighted by Crippen LogP contribution is 2.17. The maximum atomic E-state index is 5.46. The minimum Gasteiger partial charge on any atom is -0.382 e. The summed E-state index contributed by atoms with van der Waals surface area (Å²) in [4.78, 5) is 9.81. The Labute approximate surface area is 164 Å². The first kappa shape index (κ1) is 21.9. The van der Waals surface area contributed by atoms with Crippen molar-refractivity contribution in [3.05, 3.63) is 0 Å². The molecule has 0 spiro atoms. The van der Waals surface area contributed by atoms with Crippen LogP contribution < -0.4 is 5.32 Å². The Kier molecular flexibility index (Phi) is 12.0. The van der Waals surface area contributed by atoms with Crippen molar-refractivity contribution < 1.29 is 9.47 Å². The number of likely N-dealkylation sites (tertiary alicyclic amines) is 1. The van der Waals surface area contributed by atoms with Crippen molar-refractivity contribution in [1.82, 2.24) is 15.1 Å². The highest BCUT2D eigenvalue weighted by Gasteiger charge is 2.30. The van der Waals surface area contributed by atoms with E-state index < -0.39 is 0 Å². The molecular weight excluding hydrogens is 419 g/mol. The zero-order valence-electron chi connectivity index (χ0n) is 15.3. The second-order valence-electron chi connectivity index (χ2n) is 6.18. The zero-order chi connectivity index (χ0) is 16.3. The topological polar surface area (TPSA) is 49.3 Å². The smallest absolute Gasteiger partial charge is 0.193 e. The average Bonchev–Trinajstić information content (AvgIpc) is 3.08. The molecule has 24 heavy (non-hydrogen) atoms. The molecule has 2 heterocycles. The maximum Gasteiger partial charge on any atom is 0.193 e. The zero-order valence-corrected chi connectivity index (χ0v) is 17.7. The molecular formula is C17H35IN4O2. The molecule has 2 fully saturated rings. The van der Waals surface area contributed by atoms with Crippen molar-refractivity contribution in [3.63, 3.8) is 0 Å². The van der Waals surface area contributed by atoms with Crippen LogP contribution in [0.4, 0.5) is 0 Å². The van der Waals surface area contributed by atoms with Gasteiger partial charge in [0.05, 0.1) is 13.2 Å². The van der Waals surface area contributed by atoms with Crippen molar-refractivity contribution >= 4 is 29.9 Å². The monoisotopic (exact) mass is 454 g/mol. The average molecular weight is 454 g/mol. The van der Waals surface area contributed by atoms with Gasteiger partial charge in [0, 0.05) is 58.5 Å². The van der Waals surface area contributed by atoms with Gasteiger partial charge >= 0.3 is 0 Å². The van der Waals surface area contributed by atoms with E-state index in [9.17, 15) is 0 Å². The number of rotatable bonds is 8. The third-order valence-electron chi connectivity index (χ3n) is 4.52. The van der Waals surface area contributed by atoms with Gasteiger partial charge in [-0.2, -0.15) is 0 Å². The number of hydrogen-bond donors (Lipinski definition) is 1. The number of hydrogen-bond acceptors (Lipinski definition) is 4. The molecule has 1 unspecified atom stereocenters. The van der Waals surface area contributed by atoms with Gasteiger partial charge in [-0.3, -0.25) is 9.89 Å². The van der Waals surface area contributed by atoms with Crippen molar-refractivity contribution in [3.8, 4) is 0 Å². The predicted molar refractivity (Wildman–Crippen MR) is 109 cm³/mol. The van der Waals surface area contributed by atoms with E-state index in [0.29, 0.717) is 6.04 Å². The number of unbranched alkanes of at least 4 members (excludes halogenated alkanes) is 1. The summed E-state index contributed by atoms with van der Waals surface area (Å²) in [5.41, 5.74) is 0. The summed E-state index contributed by atoms with van der Waals surface area (Å²) >= 11 is 0. The minimum absolute atomic E-state index is 0. The quantitative estimate of drug-likeness (QED) is 0.262. The largest absolute Gasteiger partial charge is 0.382 e. The molecule has 1 N–H and O–H groups in total. The van der Waals surface area contributed by atoms with Gasteiger partial charge in [0.15, 0.2) is 5.96 Å². The molecule has 142 valence electrons. The Hall–Kier alpha value is -0.120. The molecule has 0 radical (unpaired) electrons. The minimum atomic E-state index is 0. The van der Waals surface area contributed by atoms with Crippen molar-refractivity contribution in [2.75, 3.05) is 65.7 Å². The molecule has 0 aromatic rings. The molecule has 2 rings (SSSR count). The number of aliphatic imine (C=N–C) groups is 1. The van der Waals surface area contributed by atoms with E-state index in [4.69, 9.17) is 14.5 Å².